The smallest absolute Gasteiger partial charge is 0.358 e. The molecule has 5 nitrogen and oxygen atoms in total. The SMILES string of the molecule is N#Cc1nc([N+](=O)[O-])cc(C(F)F)c1I. The van der Waals surface area contributed by atoms with Gasteiger partial charge in [-0.05, 0) is 32.5 Å². The standard InChI is InChI=1S/C7H2F2IN3O2/c8-7(9)3-1-5(13(14)15)12-4(2-11)6(3)10/h1,7H. The third kappa shape index (κ3) is 2.35. The molecular formula is C7H2F2IN3O2. The largest absolute Gasteiger partial charge is 0.365 e. The van der Waals surface area contributed by atoms with Crippen LogP contribution in [0.25, 0.3) is 0 Å². The summed E-state index contributed by atoms with van der Waals surface area (Å²) < 4.78 is 24.8. The van der Waals surface area contributed by atoms with Crippen molar-refractivity contribution >= 4 is 28.4 Å². The fraction of sp³-hybridized carbons (Fsp3) is 0.143. The van der Waals surface area contributed by atoms with Crippen molar-refractivity contribution in [2.45, 2.75) is 6.43 Å². The summed E-state index contributed by atoms with van der Waals surface area (Å²) in [5.41, 5.74) is -0.908. The number of nitro groups is 1. The van der Waals surface area contributed by atoms with Crippen LogP contribution in [0.5, 0.6) is 0 Å². The van der Waals surface area contributed by atoms with Crippen molar-refractivity contribution in [2.24, 2.45) is 0 Å². The lowest BCUT2D eigenvalue weighted by Crippen LogP contribution is -2.01. The molecule has 0 saturated carbocycles. The molecule has 1 heterocycles. The molecule has 0 aromatic carbocycles. The van der Waals surface area contributed by atoms with Crippen LogP contribution in [-0.4, -0.2) is 9.91 Å². The maximum absolute atomic E-state index is 12.4. The quantitative estimate of drug-likeness (QED) is 0.475. The summed E-state index contributed by atoms with van der Waals surface area (Å²) in [7, 11) is 0. The molecule has 0 spiro atoms. The molecule has 1 aromatic rings. The zero-order valence-electron chi connectivity index (χ0n) is 6.95. The summed E-state index contributed by atoms with van der Waals surface area (Å²) in [5.74, 6) is -0.748. The summed E-state index contributed by atoms with van der Waals surface area (Å²) in [6.45, 7) is 0. The monoisotopic (exact) mass is 325 g/mol. The first-order chi connectivity index (χ1) is 6.97. The molecule has 0 N–H and O–H groups in total. The number of hydrogen-bond acceptors (Lipinski definition) is 4. The van der Waals surface area contributed by atoms with Gasteiger partial charge in [-0.3, -0.25) is 0 Å². The summed E-state index contributed by atoms with van der Waals surface area (Å²) >= 11 is 1.51. The fourth-order valence-corrected chi connectivity index (χ4v) is 1.49. The predicted octanol–water partition coefficient (Wildman–Crippen LogP) is 2.40. The van der Waals surface area contributed by atoms with Crippen LogP contribution in [0, 0.1) is 25.0 Å². The van der Waals surface area contributed by atoms with Gasteiger partial charge in [-0.2, -0.15) is 5.26 Å². The Balaban J connectivity index is 3.47. The molecule has 0 aliphatic heterocycles. The molecule has 0 bridgehead atoms. The Labute approximate surface area is 96.0 Å². The Hall–Kier alpha value is -1.37. The van der Waals surface area contributed by atoms with Crippen LogP contribution in [0.1, 0.15) is 17.7 Å². The highest BCUT2D eigenvalue weighted by Gasteiger charge is 2.23. The van der Waals surface area contributed by atoms with Crippen LogP contribution >= 0.6 is 22.6 Å². The first-order valence-electron chi connectivity index (χ1n) is 3.50. The van der Waals surface area contributed by atoms with E-state index in [1.165, 1.54) is 28.7 Å². The second-order valence-electron chi connectivity index (χ2n) is 2.40. The fourth-order valence-electron chi connectivity index (χ4n) is 0.861. The van der Waals surface area contributed by atoms with Gasteiger partial charge < -0.3 is 10.1 Å². The lowest BCUT2D eigenvalue weighted by atomic mass is 10.2. The molecule has 0 fully saturated rings. The third-order valence-corrected chi connectivity index (χ3v) is 2.63. The molecule has 0 radical (unpaired) electrons. The predicted molar refractivity (Wildman–Crippen MR) is 53.3 cm³/mol. The minimum Gasteiger partial charge on any atom is -0.358 e. The van der Waals surface area contributed by atoms with Crippen LogP contribution in [0.4, 0.5) is 14.6 Å². The molecule has 0 saturated heterocycles. The first-order valence-corrected chi connectivity index (χ1v) is 4.58. The maximum Gasteiger partial charge on any atom is 0.365 e. The van der Waals surface area contributed by atoms with Gasteiger partial charge in [-0.15, -0.1) is 0 Å². The van der Waals surface area contributed by atoms with E-state index in [4.69, 9.17) is 5.26 Å². The Bertz CT molecular complexity index is 458. The van der Waals surface area contributed by atoms with Crippen LogP contribution in [-0.2, 0) is 0 Å². The van der Waals surface area contributed by atoms with E-state index in [1.54, 1.807) is 0 Å². The summed E-state index contributed by atoms with van der Waals surface area (Å²) in [6.07, 6.45) is -2.87. The van der Waals surface area contributed by atoms with Gasteiger partial charge in [0.25, 0.3) is 12.1 Å². The molecular weight excluding hydrogens is 323 g/mol. The summed E-state index contributed by atoms with van der Waals surface area (Å²) in [6, 6.07) is 2.20. The van der Waals surface area contributed by atoms with E-state index < -0.39 is 22.7 Å². The van der Waals surface area contributed by atoms with Gasteiger partial charge in [-0.1, -0.05) is 0 Å². The molecule has 0 aliphatic carbocycles. The highest BCUT2D eigenvalue weighted by atomic mass is 127. The van der Waals surface area contributed by atoms with Crippen molar-refractivity contribution in [3.8, 4) is 6.07 Å². The molecule has 78 valence electrons. The number of pyridine rings is 1. The van der Waals surface area contributed by atoms with Gasteiger partial charge >= 0.3 is 5.82 Å². The average molecular weight is 325 g/mol. The van der Waals surface area contributed by atoms with Gasteiger partial charge in [0.15, 0.2) is 0 Å². The van der Waals surface area contributed by atoms with E-state index >= 15 is 0 Å². The third-order valence-electron chi connectivity index (χ3n) is 1.50. The molecule has 0 amide bonds. The van der Waals surface area contributed by atoms with Gasteiger partial charge in [0.05, 0.1) is 3.57 Å². The summed E-state index contributed by atoms with van der Waals surface area (Å²) in [4.78, 5) is 12.8. The van der Waals surface area contributed by atoms with E-state index in [0.29, 0.717) is 6.07 Å². The van der Waals surface area contributed by atoms with Crippen molar-refractivity contribution in [2.75, 3.05) is 0 Å². The molecule has 0 aliphatic rings. The Morgan fingerprint density at radius 2 is 2.27 bits per heavy atom. The highest BCUT2D eigenvalue weighted by molar-refractivity contribution is 14.1. The second-order valence-corrected chi connectivity index (χ2v) is 3.48. The lowest BCUT2D eigenvalue weighted by molar-refractivity contribution is -0.389. The number of nitriles is 1. The van der Waals surface area contributed by atoms with E-state index in [1.807, 2.05) is 0 Å². The van der Waals surface area contributed by atoms with Crippen molar-refractivity contribution < 1.29 is 13.7 Å². The second kappa shape index (κ2) is 4.43. The van der Waals surface area contributed by atoms with Crippen LogP contribution in [0.15, 0.2) is 6.07 Å². The minimum atomic E-state index is -2.87. The van der Waals surface area contributed by atoms with Crippen molar-refractivity contribution in [1.29, 1.82) is 5.26 Å². The van der Waals surface area contributed by atoms with E-state index in [9.17, 15) is 18.9 Å². The van der Waals surface area contributed by atoms with Crippen molar-refractivity contribution in [3.63, 3.8) is 0 Å². The topological polar surface area (TPSA) is 79.8 Å². The Kier molecular flexibility index (Phi) is 3.46. The van der Waals surface area contributed by atoms with Crippen LogP contribution < -0.4 is 0 Å². The molecule has 1 aromatic heterocycles. The van der Waals surface area contributed by atoms with Crippen molar-refractivity contribution in [3.05, 3.63) is 31.0 Å². The molecule has 0 unspecified atom stereocenters. The molecule has 0 atom stereocenters. The van der Waals surface area contributed by atoms with Gasteiger partial charge in [0.2, 0.25) is 0 Å². The van der Waals surface area contributed by atoms with E-state index in [2.05, 4.69) is 4.98 Å². The first kappa shape index (κ1) is 11.7. The number of alkyl halides is 2. The minimum absolute atomic E-state index is 0.0595. The number of rotatable bonds is 2. The normalized spacial score (nSPS) is 10.1. The number of aromatic nitrogens is 1. The van der Waals surface area contributed by atoms with Gasteiger partial charge in [-0.25, -0.2) is 8.78 Å². The van der Waals surface area contributed by atoms with Crippen LogP contribution in [0.2, 0.25) is 0 Å². The van der Waals surface area contributed by atoms with Crippen LogP contribution in [0.3, 0.4) is 0 Å². The van der Waals surface area contributed by atoms with Gasteiger partial charge in [0.1, 0.15) is 6.07 Å². The van der Waals surface area contributed by atoms with Gasteiger partial charge in [0, 0.05) is 11.6 Å². The zero-order chi connectivity index (χ0) is 11.6. The number of hydrogen-bond donors (Lipinski definition) is 0. The Morgan fingerprint density at radius 3 is 2.67 bits per heavy atom. The summed E-state index contributed by atoms with van der Waals surface area (Å²) in [5, 5.41) is 18.9. The molecule has 15 heavy (non-hydrogen) atoms. The highest BCUT2D eigenvalue weighted by Crippen LogP contribution is 2.28. The van der Waals surface area contributed by atoms with E-state index in [-0.39, 0.29) is 9.26 Å². The number of nitrogens with zero attached hydrogens (tertiary/aromatic N) is 3. The molecule has 8 heteroatoms. The Morgan fingerprint density at radius 1 is 1.67 bits per heavy atom. The maximum atomic E-state index is 12.4. The van der Waals surface area contributed by atoms with E-state index in [0.717, 1.165) is 0 Å². The molecule has 1 rings (SSSR count). The van der Waals surface area contributed by atoms with Crippen molar-refractivity contribution in [1.82, 2.24) is 4.98 Å². The lowest BCUT2D eigenvalue weighted by Gasteiger charge is -2.02. The number of halogens is 3. The zero-order valence-corrected chi connectivity index (χ0v) is 9.10. The average Bonchev–Trinajstić information content (AvgIpc) is 2.17.